The molecule has 2 aromatic rings. The van der Waals surface area contributed by atoms with Gasteiger partial charge in [0.15, 0.2) is 0 Å². The number of para-hydroxylation sites is 1. The average molecular weight is 258 g/mol. The molecule has 0 fully saturated rings. The zero-order valence-electron chi connectivity index (χ0n) is 10.2. The molecular formula is C16H16ClN. The molecule has 2 aromatic carbocycles. The van der Waals surface area contributed by atoms with Crippen LogP contribution in [0.3, 0.4) is 0 Å². The van der Waals surface area contributed by atoms with Gasteiger partial charge in [0.25, 0.3) is 0 Å². The Morgan fingerprint density at radius 1 is 1.06 bits per heavy atom. The third-order valence-corrected chi connectivity index (χ3v) is 3.72. The molecule has 1 nitrogen and oxygen atoms in total. The molecular weight excluding hydrogens is 242 g/mol. The predicted octanol–water partition coefficient (Wildman–Crippen LogP) is 4.29. The Labute approximate surface area is 113 Å². The van der Waals surface area contributed by atoms with Crippen LogP contribution < -0.4 is 5.32 Å². The smallest absolute Gasteiger partial charge is 0.0408 e. The van der Waals surface area contributed by atoms with Crippen LogP contribution in [0.15, 0.2) is 42.5 Å². The lowest BCUT2D eigenvalue weighted by Gasteiger charge is -2.21. The van der Waals surface area contributed by atoms with Gasteiger partial charge in [-0.25, -0.2) is 0 Å². The molecule has 18 heavy (non-hydrogen) atoms. The van der Waals surface area contributed by atoms with Gasteiger partial charge in [0.05, 0.1) is 0 Å². The Balaban J connectivity index is 1.90. The van der Waals surface area contributed by atoms with Crippen LogP contribution in [-0.4, -0.2) is 6.54 Å². The first kappa shape index (κ1) is 11.6. The zero-order valence-corrected chi connectivity index (χ0v) is 11.0. The molecule has 0 atom stereocenters. The molecule has 1 N–H and O–H groups in total. The van der Waals surface area contributed by atoms with E-state index in [1.807, 2.05) is 12.1 Å². The molecule has 0 aromatic heterocycles. The zero-order chi connectivity index (χ0) is 12.4. The molecule has 1 aliphatic heterocycles. The van der Waals surface area contributed by atoms with Gasteiger partial charge in [0.1, 0.15) is 0 Å². The summed E-state index contributed by atoms with van der Waals surface area (Å²) in [7, 11) is 0. The first-order valence-corrected chi connectivity index (χ1v) is 6.80. The van der Waals surface area contributed by atoms with Crippen molar-refractivity contribution in [2.45, 2.75) is 19.3 Å². The Kier molecular flexibility index (Phi) is 3.24. The van der Waals surface area contributed by atoms with Gasteiger partial charge in [-0.2, -0.15) is 0 Å². The van der Waals surface area contributed by atoms with Crippen molar-refractivity contribution in [2.75, 3.05) is 11.9 Å². The van der Waals surface area contributed by atoms with E-state index >= 15 is 0 Å². The predicted molar refractivity (Wildman–Crippen MR) is 77.5 cm³/mol. The number of benzene rings is 2. The van der Waals surface area contributed by atoms with Crippen molar-refractivity contribution in [1.82, 2.24) is 0 Å². The van der Waals surface area contributed by atoms with Crippen molar-refractivity contribution in [2.24, 2.45) is 0 Å². The van der Waals surface area contributed by atoms with Gasteiger partial charge in [0.2, 0.25) is 0 Å². The van der Waals surface area contributed by atoms with Crippen LogP contribution in [0, 0.1) is 0 Å². The maximum absolute atomic E-state index is 5.92. The Bertz CT molecular complexity index is 546. The molecule has 0 bridgehead atoms. The van der Waals surface area contributed by atoms with Crippen molar-refractivity contribution in [3.63, 3.8) is 0 Å². The molecule has 2 heteroatoms. The van der Waals surface area contributed by atoms with Crippen molar-refractivity contribution in [3.05, 3.63) is 64.2 Å². The number of hydrogen-bond donors (Lipinski definition) is 1. The maximum Gasteiger partial charge on any atom is 0.0408 e. The monoisotopic (exact) mass is 257 g/mol. The molecule has 0 amide bonds. The normalized spacial score (nSPS) is 13.8. The molecule has 3 rings (SSSR count). The second-order valence-electron chi connectivity index (χ2n) is 4.78. The molecule has 0 aliphatic carbocycles. The third kappa shape index (κ3) is 2.37. The van der Waals surface area contributed by atoms with E-state index in [4.69, 9.17) is 11.6 Å². The highest BCUT2D eigenvalue weighted by Crippen LogP contribution is 2.28. The highest BCUT2D eigenvalue weighted by atomic mass is 35.5. The van der Waals surface area contributed by atoms with Gasteiger partial charge in [-0.05, 0) is 48.1 Å². The van der Waals surface area contributed by atoms with E-state index in [1.54, 1.807) is 0 Å². The Hall–Kier alpha value is -1.47. The summed E-state index contributed by atoms with van der Waals surface area (Å²) < 4.78 is 0. The minimum atomic E-state index is 0.798. The molecule has 0 radical (unpaired) electrons. The first-order chi connectivity index (χ1) is 8.83. The lowest BCUT2D eigenvalue weighted by Crippen LogP contribution is -2.13. The van der Waals surface area contributed by atoms with E-state index in [-0.39, 0.29) is 0 Å². The van der Waals surface area contributed by atoms with E-state index < -0.39 is 0 Å². The Morgan fingerprint density at radius 3 is 2.72 bits per heavy atom. The summed E-state index contributed by atoms with van der Waals surface area (Å²) in [4.78, 5) is 0. The number of rotatable bonds is 2. The SMILES string of the molecule is Clc1ccc(Cc2cccc3c2NCCC3)cc1. The standard InChI is InChI=1S/C16H16ClN/c17-15-8-6-12(7-9-15)11-14-4-1-3-13-5-2-10-18-16(13)14/h1,3-4,6-9,18H,2,5,10-11H2. The van der Waals surface area contributed by atoms with Crippen molar-refractivity contribution < 1.29 is 0 Å². The molecule has 92 valence electrons. The van der Waals surface area contributed by atoms with Crippen molar-refractivity contribution in [3.8, 4) is 0 Å². The van der Waals surface area contributed by atoms with E-state index in [2.05, 4.69) is 35.6 Å². The highest BCUT2D eigenvalue weighted by molar-refractivity contribution is 6.30. The molecule has 0 unspecified atom stereocenters. The number of halogens is 1. The van der Waals surface area contributed by atoms with E-state index in [0.717, 1.165) is 18.0 Å². The number of anilines is 1. The summed E-state index contributed by atoms with van der Waals surface area (Å²) in [5.41, 5.74) is 5.49. The van der Waals surface area contributed by atoms with Gasteiger partial charge >= 0.3 is 0 Å². The van der Waals surface area contributed by atoms with E-state index in [0.29, 0.717) is 0 Å². The summed E-state index contributed by atoms with van der Waals surface area (Å²) >= 11 is 5.92. The number of nitrogens with one attached hydrogen (secondary N) is 1. The molecule has 1 aliphatic rings. The van der Waals surface area contributed by atoms with Crippen LogP contribution in [0.2, 0.25) is 5.02 Å². The van der Waals surface area contributed by atoms with Gasteiger partial charge in [-0.3, -0.25) is 0 Å². The van der Waals surface area contributed by atoms with Gasteiger partial charge in [0, 0.05) is 17.3 Å². The summed E-state index contributed by atoms with van der Waals surface area (Å²) in [5.74, 6) is 0. The summed E-state index contributed by atoms with van der Waals surface area (Å²) in [5, 5.41) is 4.33. The molecule has 0 saturated heterocycles. The lowest BCUT2D eigenvalue weighted by atomic mass is 9.96. The number of aryl methyl sites for hydroxylation is 1. The van der Waals surface area contributed by atoms with Gasteiger partial charge in [-0.1, -0.05) is 41.9 Å². The second kappa shape index (κ2) is 5.03. The topological polar surface area (TPSA) is 12.0 Å². The second-order valence-corrected chi connectivity index (χ2v) is 5.22. The van der Waals surface area contributed by atoms with Gasteiger partial charge in [-0.15, -0.1) is 0 Å². The lowest BCUT2D eigenvalue weighted by molar-refractivity contribution is 0.825. The fourth-order valence-corrected chi connectivity index (χ4v) is 2.68. The van der Waals surface area contributed by atoms with Crippen molar-refractivity contribution in [1.29, 1.82) is 0 Å². The van der Waals surface area contributed by atoms with Crippen LogP contribution in [0.5, 0.6) is 0 Å². The van der Waals surface area contributed by atoms with Crippen molar-refractivity contribution >= 4 is 17.3 Å². The molecule has 0 spiro atoms. The van der Waals surface area contributed by atoms with Crippen LogP contribution in [0.25, 0.3) is 0 Å². The quantitative estimate of drug-likeness (QED) is 0.846. The molecule has 1 heterocycles. The fraction of sp³-hybridized carbons (Fsp3) is 0.250. The van der Waals surface area contributed by atoms with E-state index in [9.17, 15) is 0 Å². The van der Waals surface area contributed by atoms with Crippen LogP contribution in [0.1, 0.15) is 23.1 Å². The fourth-order valence-electron chi connectivity index (χ4n) is 2.55. The number of hydrogen-bond acceptors (Lipinski definition) is 1. The largest absolute Gasteiger partial charge is 0.385 e. The van der Waals surface area contributed by atoms with Crippen LogP contribution in [-0.2, 0) is 12.8 Å². The average Bonchev–Trinajstić information content (AvgIpc) is 2.42. The summed E-state index contributed by atoms with van der Waals surface area (Å²) in [6.07, 6.45) is 3.39. The van der Waals surface area contributed by atoms with Gasteiger partial charge < -0.3 is 5.32 Å². The Morgan fingerprint density at radius 2 is 1.89 bits per heavy atom. The number of fused-ring (bicyclic) bond motifs is 1. The molecule has 0 saturated carbocycles. The van der Waals surface area contributed by atoms with Crippen LogP contribution >= 0.6 is 11.6 Å². The maximum atomic E-state index is 5.92. The summed E-state index contributed by atoms with van der Waals surface area (Å²) in [6, 6.07) is 14.7. The first-order valence-electron chi connectivity index (χ1n) is 6.42. The summed E-state index contributed by atoms with van der Waals surface area (Å²) in [6.45, 7) is 1.09. The third-order valence-electron chi connectivity index (χ3n) is 3.47. The van der Waals surface area contributed by atoms with E-state index in [1.165, 1.54) is 35.2 Å². The highest BCUT2D eigenvalue weighted by Gasteiger charge is 2.12. The minimum absolute atomic E-state index is 0.798. The minimum Gasteiger partial charge on any atom is -0.385 e. The van der Waals surface area contributed by atoms with Crippen LogP contribution in [0.4, 0.5) is 5.69 Å².